The molecule has 1 unspecified atom stereocenters. The maximum atomic E-state index is 11.8. The zero-order valence-electron chi connectivity index (χ0n) is 11.0. The van der Waals surface area contributed by atoms with Crippen molar-refractivity contribution >= 4 is 5.91 Å². The van der Waals surface area contributed by atoms with Crippen molar-refractivity contribution in [3.05, 3.63) is 0 Å². The van der Waals surface area contributed by atoms with Gasteiger partial charge in [0.15, 0.2) is 0 Å². The van der Waals surface area contributed by atoms with Gasteiger partial charge >= 0.3 is 0 Å². The fourth-order valence-electron chi connectivity index (χ4n) is 1.17. The molecule has 1 atom stereocenters. The third kappa shape index (κ3) is 5.78. The summed E-state index contributed by atoms with van der Waals surface area (Å²) in [5.41, 5.74) is -0.480. The van der Waals surface area contributed by atoms with Crippen LogP contribution >= 0.6 is 0 Å². The maximum Gasteiger partial charge on any atom is 0.239 e. The fraction of sp³-hybridized carbons (Fsp3) is 0.917. The van der Waals surface area contributed by atoms with Crippen LogP contribution in [-0.4, -0.2) is 24.5 Å². The van der Waals surface area contributed by atoms with E-state index in [0.29, 0.717) is 5.92 Å². The molecule has 0 aromatic heterocycles. The predicted octanol–water partition coefficient (Wildman–Crippen LogP) is 1.93. The summed E-state index contributed by atoms with van der Waals surface area (Å²) in [5.74, 6) is 0.767. The van der Waals surface area contributed by atoms with Crippen molar-refractivity contribution in [3.63, 3.8) is 0 Å². The van der Waals surface area contributed by atoms with Crippen LogP contribution in [0, 0.1) is 5.92 Å². The van der Waals surface area contributed by atoms with E-state index in [2.05, 4.69) is 31.4 Å². The Kier molecular flexibility index (Phi) is 5.88. The summed E-state index contributed by atoms with van der Waals surface area (Å²) < 4.78 is 0. The first kappa shape index (κ1) is 14.4. The molecule has 0 heterocycles. The second-order valence-electron chi connectivity index (χ2n) is 5.22. The summed E-state index contributed by atoms with van der Waals surface area (Å²) in [7, 11) is 1.80. The van der Waals surface area contributed by atoms with Crippen LogP contribution in [0.3, 0.4) is 0 Å². The highest BCUT2D eigenvalue weighted by Gasteiger charge is 2.25. The molecule has 0 radical (unpaired) electrons. The highest BCUT2D eigenvalue weighted by atomic mass is 16.2. The fourth-order valence-corrected chi connectivity index (χ4v) is 1.17. The summed E-state index contributed by atoms with van der Waals surface area (Å²) in [5, 5.41) is 6.02. The van der Waals surface area contributed by atoms with Crippen molar-refractivity contribution in [2.75, 3.05) is 7.05 Å². The van der Waals surface area contributed by atoms with E-state index < -0.39 is 5.54 Å². The molecule has 15 heavy (non-hydrogen) atoms. The Hall–Kier alpha value is -0.570. The zero-order valence-corrected chi connectivity index (χ0v) is 11.0. The van der Waals surface area contributed by atoms with Crippen molar-refractivity contribution in [2.24, 2.45) is 5.92 Å². The molecule has 3 heteroatoms. The molecule has 90 valence electrons. The minimum atomic E-state index is -0.480. The monoisotopic (exact) mass is 214 g/mol. The van der Waals surface area contributed by atoms with Gasteiger partial charge in [0.1, 0.15) is 0 Å². The molecule has 0 rings (SSSR count). The van der Waals surface area contributed by atoms with Crippen LogP contribution in [0.4, 0.5) is 0 Å². The number of rotatable bonds is 6. The van der Waals surface area contributed by atoms with Crippen molar-refractivity contribution < 1.29 is 4.79 Å². The summed E-state index contributed by atoms with van der Waals surface area (Å²) in [6.07, 6.45) is 2.20. The van der Waals surface area contributed by atoms with Crippen molar-refractivity contribution in [2.45, 2.75) is 59.0 Å². The van der Waals surface area contributed by atoms with Gasteiger partial charge in [0.05, 0.1) is 5.54 Å². The molecule has 0 saturated heterocycles. The van der Waals surface area contributed by atoms with Crippen molar-refractivity contribution in [1.82, 2.24) is 10.6 Å². The largest absolute Gasteiger partial charge is 0.352 e. The summed E-state index contributed by atoms with van der Waals surface area (Å²) in [4.78, 5) is 11.8. The summed E-state index contributed by atoms with van der Waals surface area (Å²) in [6, 6.07) is 0.257. The molecular formula is C12H26N2O. The molecule has 0 aromatic carbocycles. The SMILES string of the molecule is CNC(C)(C)C(=O)NC(C)CCC(C)C. The zero-order chi connectivity index (χ0) is 12.1. The lowest BCUT2D eigenvalue weighted by Gasteiger charge is -2.25. The highest BCUT2D eigenvalue weighted by Crippen LogP contribution is 2.08. The molecule has 0 aliphatic rings. The van der Waals surface area contributed by atoms with Crippen LogP contribution in [0.15, 0.2) is 0 Å². The van der Waals surface area contributed by atoms with Gasteiger partial charge in [-0.3, -0.25) is 4.79 Å². The second-order valence-corrected chi connectivity index (χ2v) is 5.22. The van der Waals surface area contributed by atoms with Crippen LogP contribution in [0.5, 0.6) is 0 Å². The Labute approximate surface area is 94.0 Å². The van der Waals surface area contributed by atoms with E-state index in [1.165, 1.54) is 0 Å². The van der Waals surface area contributed by atoms with Crippen LogP contribution in [-0.2, 0) is 4.79 Å². The lowest BCUT2D eigenvalue weighted by molar-refractivity contribution is -0.126. The van der Waals surface area contributed by atoms with Gasteiger partial charge in [0.2, 0.25) is 5.91 Å². The van der Waals surface area contributed by atoms with Crippen LogP contribution < -0.4 is 10.6 Å². The van der Waals surface area contributed by atoms with Gasteiger partial charge in [-0.25, -0.2) is 0 Å². The number of hydrogen-bond acceptors (Lipinski definition) is 2. The van der Waals surface area contributed by atoms with E-state index in [0.717, 1.165) is 12.8 Å². The smallest absolute Gasteiger partial charge is 0.239 e. The lowest BCUT2D eigenvalue weighted by atomic mass is 10.0. The van der Waals surface area contributed by atoms with Crippen LogP contribution in [0.2, 0.25) is 0 Å². The standard InChI is InChI=1S/C12H26N2O/c1-9(2)7-8-10(3)14-11(15)12(4,5)13-6/h9-10,13H,7-8H2,1-6H3,(H,14,15). The van der Waals surface area contributed by atoms with Gasteiger partial charge < -0.3 is 10.6 Å². The molecular weight excluding hydrogens is 188 g/mol. The van der Waals surface area contributed by atoms with Gasteiger partial charge in [0.25, 0.3) is 0 Å². The topological polar surface area (TPSA) is 41.1 Å². The first-order chi connectivity index (χ1) is 6.79. The highest BCUT2D eigenvalue weighted by molar-refractivity contribution is 5.85. The predicted molar refractivity (Wildman–Crippen MR) is 64.8 cm³/mol. The van der Waals surface area contributed by atoms with Crippen molar-refractivity contribution in [3.8, 4) is 0 Å². The van der Waals surface area contributed by atoms with E-state index in [-0.39, 0.29) is 11.9 Å². The average Bonchev–Trinajstić information content (AvgIpc) is 2.14. The molecule has 2 N–H and O–H groups in total. The third-order valence-corrected chi connectivity index (χ3v) is 2.75. The van der Waals surface area contributed by atoms with Crippen LogP contribution in [0.25, 0.3) is 0 Å². The normalized spacial score (nSPS) is 14.1. The molecule has 0 saturated carbocycles. The number of carbonyl (C=O) groups excluding carboxylic acids is 1. The number of amides is 1. The number of nitrogens with one attached hydrogen (secondary N) is 2. The Balaban J connectivity index is 3.96. The van der Waals surface area contributed by atoms with Gasteiger partial charge in [-0.15, -0.1) is 0 Å². The van der Waals surface area contributed by atoms with E-state index in [4.69, 9.17) is 0 Å². The van der Waals surface area contributed by atoms with E-state index >= 15 is 0 Å². The lowest BCUT2D eigenvalue weighted by Crippen LogP contribution is -2.53. The summed E-state index contributed by atoms with van der Waals surface area (Å²) in [6.45, 7) is 10.2. The second kappa shape index (κ2) is 6.11. The van der Waals surface area contributed by atoms with Crippen LogP contribution in [0.1, 0.15) is 47.5 Å². The van der Waals surface area contributed by atoms with Gasteiger partial charge in [-0.1, -0.05) is 13.8 Å². The third-order valence-electron chi connectivity index (χ3n) is 2.75. The first-order valence-corrected chi connectivity index (χ1v) is 5.79. The van der Waals surface area contributed by atoms with Gasteiger partial charge in [-0.05, 0) is 46.6 Å². The minimum absolute atomic E-state index is 0.0706. The number of carbonyl (C=O) groups is 1. The average molecular weight is 214 g/mol. The quantitative estimate of drug-likeness (QED) is 0.709. The van der Waals surface area contributed by atoms with E-state index in [1.807, 2.05) is 13.8 Å². The molecule has 0 aliphatic heterocycles. The summed E-state index contributed by atoms with van der Waals surface area (Å²) >= 11 is 0. The number of likely N-dealkylation sites (N-methyl/N-ethyl adjacent to an activating group) is 1. The van der Waals surface area contributed by atoms with Gasteiger partial charge in [0, 0.05) is 6.04 Å². The van der Waals surface area contributed by atoms with Crippen molar-refractivity contribution in [1.29, 1.82) is 0 Å². The molecule has 1 amide bonds. The van der Waals surface area contributed by atoms with Gasteiger partial charge in [-0.2, -0.15) is 0 Å². The minimum Gasteiger partial charge on any atom is -0.352 e. The molecule has 0 aromatic rings. The molecule has 0 bridgehead atoms. The Morgan fingerprint density at radius 3 is 2.13 bits per heavy atom. The maximum absolute atomic E-state index is 11.8. The Bertz CT molecular complexity index is 200. The molecule has 0 spiro atoms. The molecule has 3 nitrogen and oxygen atoms in total. The Morgan fingerprint density at radius 1 is 1.20 bits per heavy atom. The van der Waals surface area contributed by atoms with E-state index in [1.54, 1.807) is 7.05 Å². The number of hydrogen-bond donors (Lipinski definition) is 2. The molecule has 0 fully saturated rings. The first-order valence-electron chi connectivity index (χ1n) is 5.79. The van der Waals surface area contributed by atoms with E-state index in [9.17, 15) is 4.79 Å². The molecule has 0 aliphatic carbocycles. The Morgan fingerprint density at radius 2 is 1.73 bits per heavy atom.